The number of hydrogen-bond acceptors (Lipinski definition) is 5. The molecule has 3 rings (SSSR count). The van der Waals surface area contributed by atoms with Crippen LogP contribution in [0.4, 0.5) is 18.3 Å². The van der Waals surface area contributed by atoms with Crippen molar-refractivity contribution in [2.45, 2.75) is 18.6 Å². The van der Waals surface area contributed by atoms with Gasteiger partial charge in [0.2, 0.25) is 5.91 Å². The summed E-state index contributed by atoms with van der Waals surface area (Å²) in [5, 5.41) is 3.92. The van der Waals surface area contributed by atoms with Crippen LogP contribution in [-0.2, 0) is 22.1 Å². The average Bonchev–Trinajstić information content (AvgIpc) is 3.11. The monoisotopic (exact) mass is 385 g/mol. The SMILES string of the molecule is O=C(C(Cc1ccccc1)Nc1nc(C(F)(F)F)cs1)N1CCOCC1. The lowest BCUT2D eigenvalue weighted by molar-refractivity contribution is -0.140. The molecule has 9 heteroatoms. The van der Waals surface area contributed by atoms with Crippen molar-refractivity contribution in [3.8, 4) is 0 Å². The van der Waals surface area contributed by atoms with E-state index in [1.165, 1.54) is 0 Å². The molecule has 5 nitrogen and oxygen atoms in total. The third-order valence-corrected chi connectivity index (χ3v) is 4.77. The van der Waals surface area contributed by atoms with E-state index in [1.54, 1.807) is 4.90 Å². The summed E-state index contributed by atoms with van der Waals surface area (Å²) in [7, 11) is 0. The van der Waals surface area contributed by atoms with E-state index < -0.39 is 17.9 Å². The lowest BCUT2D eigenvalue weighted by atomic mass is 10.0. The van der Waals surface area contributed by atoms with Crippen LogP contribution in [-0.4, -0.2) is 48.1 Å². The molecule has 1 amide bonds. The first kappa shape index (κ1) is 18.7. The summed E-state index contributed by atoms with van der Waals surface area (Å²) in [4.78, 5) is 18.1. The number of morpholine rings is 1. The first-order valence-corrected chi connectivity index (χ1v) is 9.01. The van der Waals surface area contributed by atoms with Crippen LogP contribution >= 0.6 is 11.3 Å². The molecule has 0 saturated carbocycles. The minimum Gasteiger partial charge on any atom is -0.378 e. The Bertz CT molecular complexity index is 730. The Morgan fingerprint density at radius 2 is 1.96 bits per heavy atom. The molecule has 1 atom stereocenters. The van der Waals surface area contributed by atoms with Crippen LogP contribution in [0.3, 0.4) is 0 Å². The smallest absolute Gasteiger partial charge is 0.378 e. The quantitative estimate of drug-likeness (QED) is 0.860. The molecule has 0 radical (unpaired) electrons. The van der Waals surface area contributed by atoms with Crippen LogP contribution in [0.1, 0.15) is 11.3 Å². The molecular formula is C17H18F3N3O2S. The highest BCUT2D eigenvalue weighted by molar-refractivity contribution is 7.13. The molecule has 2 heterocycles. The summed E-state index contributed by atoms with van der Waals surface area (Å²) in [6, 6.07) is 8.65. The average molecular weight is 385 g/mol. The van der Waals surface area contributed by atoms with Crippen LogP contribution in [0.5, 0.6) is 0 Å². The maximum atomic E-state index is 12.9. The maximum Gasteiger partial charge on any atom is 0.434 e. The third-order valence-electron chi connectivity index (χ3n) is 4.00. The second-order valence-corrected chi connectivity index (χ2v) is 6.72. The van der Waals surface area contributed by atoms with Gasteiger partial charge in [-0.05, 0) is 5.56 Å². The topological polar surface area (TPSA) is 54.5 Å². The largest absolute Gasteiger partial charge is 0.434 e. The number of anilines is 1. The van der Waals surface area contributed by atoms with Crippen molar-refractivity contribution in [3.63, 3.8) is 0 Å². The highest BCUT2D eigenvalue weighted by Crippen LogP contribution is 2.32. The summed E-state index contributed by atoms with van der Waals surface area (Å²) in [5.74, 6) is -0.166. The molecule has 0 bridgehead atoms. The predicted octanol–water partition coefficient (Wildman–Crippen LogP) is 3.04. The maximum absolute atomic E-state index is 12.9. The molecule has 2 aromatic rings. The predicted molar refractivity (Wildman–Crippen MR) is 92.1 cm³/mol. The first-order valence-electron chi connectivity index (χ1n) is 8.13. The van der Waals surface area contributed by atoms with Gasteiger partial charge < -0.3 is 15.0 Å². The van der Waals surface area contributed by atoms with Crippen LogP contribution < -0.4 is 5.32 Å². The van der Waals surface area contributed by atoms with E-state index in [9.17, 15) is 18.0 Å². The highest BCUT2D eigenvalue weighted by atomic mass is 32.1. The van der Waals surface area contributed by atoms with Gasteiger partial charge in [0.05, 0.1) is 13.2 Å². The van der Waals surface area contributed by atoms with Crippen LogP contribution in [0.15, 0.2) is 35.7 Å². The lowest BCUT2D eigenvalue weighted by Gasteiger charge is -2.30. The highest BCUT2D eigenvalue weighted by Gasteiger charge is 2.34. The molecule has 1 N–H and O–H groups in total. The van der Waals surface area contributed by atoms with Crippen molar-refractivity contribution in [2.24, 2.45) is 0 Å². The van der Waals surface area contributed by atoms with Crippen molar-refractivity contribution in [3.05, 3.63) is 47.0 Å². The van der Waals surface area contributed by atoms with E-state index in [0.29, 0.717) is 32.7 Å². The number of alkyl halides is 3. The molecule has 1 aliphatic heterocycles. The molecule has 1 aliphatic rings. The van der Waals surface area contributed by atoms with Gasteiger partial charge in [-0.3, -0.25) is 4.79 Å². The van der Waals surface area contributed by atoms with Gasteiger partial charge in [-0.25, -0.2) is 4.98 Å². The number of nitrogens with one attached hydrogen (secondary N) is 1. The number of carbonyl (C=O) groups is 1. The van der Waals surface area contributed by atoms with Crippen LogP contribution in [0.25, 0.3) is 0 Å². The fraction of sp³-hybridized carbons (Fsp3) is 0.412. The van der Waals surface area contributed by atoms with E-state index >= 15 is 0 Å². The van der Waals surface area contributed by atoms with Gasteiger partial charge in [0.15, 0.2) is 10.8 Å². The van der Waals surface area contributed by atoms with Crippen molar-refractivity contribution in [1.82, 2.24) is 9.88 Å². The Balaban J connectivity index is 1.77. The minimum atomic E-state index is -4.50. The van der Waals surface area contributed by atoms with E-state index in [-0.39, 0.29) is 11.0 Å². The fourth-order valence-electron chi connectivity index (χ4n) is 2.67. The number of ether oxygens (including phenoxy) is 1. The van der Waals surface area contributed by atoms with E-state index in [1.807, 2.05) is 30.3 Å². The zero-order valence-electron chi connectivity index (χ0n) is 13.8. The number of aromatic nitrogens is 1. The molecule has 0 spiro atoms. The molecule has 1 unspecified atom stereocenters. The van der Waals surface area contributed by atoms with E-state index in [2.05, 4.69) is 10.3 Å². The summed E-state index contributed by atoms with van der Waals surface area (Å²) in [6.45, 7) is 1.85. The Labute approximate surface area is 152 Å². The van der Waals surface area contributed by atoms with Gasteiger partial charge in [-0.15, -0.1) is 11.3 Å². The lowest BCUT2D eigenvalue weighted by Crippen LogP contribution is -2.48. The molecule has 26 heavy (non-hydrogen) atoms. The number of carbonyl (C=O) groups excluding carboxylic acids is 1. The number of amides is 1. The summed E-state index contributed by atoms with van der Waals surface area (Å²) in [5.41, 5.74) is -0.0403. The number of benzene rings is 1. The van der Waals surface area contributed by atoms with Crippen molar-refractivity contribution < 1.29 is 22.7 Å². The van der Waals surface area contributed by atoms with Gasteiger partial charge in [0, 0.05) is 24.9 Å². The minimum absolute atomic E-state index is 0.0832. The standard InChI is InChI=1S/C17H18F3N3O2S/c18-17(19,20)14-11-26-16(22-14)21-13(10-12-4-2-1-3-5-12)15(24)23-6-8-25-9-7-23/h1-5,11,13H,6-10H2,(H,21,22). The van der Waals surface area contributed by atoms with Crippen molar-refractivity contribution in [1.29, 1.82) is 0 Å². The number of nitrogens with zero attached hydrogens (tertiary/aromatic N) is 2. The summed E-state index contributed by atoms with van der Waals surface area (Å²) >= 11 is 0.842. The molecule has 1 fully saturated rings. The van der Waals surface area contributed by atoms with Gasteiger partial charge in [0.25, 0.3) is 0 Å². The van der Waals surface area contributed by atoms with Crippen LogP contribution in [0.2, 0.25) is 0 Å². The van der Waals surface area contributed by atoms with Crippen molar-refractivity contribution >= 4 is 22.4 Å². The van der Waals surface area contributed by atoms with E-state index in [0.717, 1.165) is 22.3 Å². The Morgan fingerprint density at radius 3 is 2.58 bits per heavy atom. The molecule has 1 saturated heterocycles. The van der Waals surface area contributed by atoms with E-state index in [4.69, 9.17) is 4.74 Å². The fourth-order valence-corrected chi connectivity index (χ4v) is 3.44. The Morgan fingerprint density at radius 1 is 1.27 bits per heavy atom. The number of hydrogen-bond donors (Lipinski definition) is 1. The molecular weight excluding hydrogens is 367 g/mol. The Hall–Kier alpha value is -2.13. The second kappa shape index (κ2) is 8.05. The third kappa shape index (κ3) is 4.73. The van der Waals surface area contributed by atoms with Crippen LogP contribution in [0, 0.1) is 0 Å². The zero-order valence-corrected chi connectivity index (χ0v) is 14.6. The van der Waals surface area contributed by atoms with Gasteiger partial charge >= 0.3 is 6.18 Å². The van der Waals surface area contributed by atoms with Crippen molar-refractivity contribution in [2.75, 3.05) is 31.6 Å². The normalized spacial score (nSPS) is 16.3. The Kier molecular flexibility index (Phi) is 5.77. The molecule has 1 aromatic carbocycles. The first-order chi connectivity index (χ1) is 12.4. The molecule has 1 aromatic heterocycles. The molecule has 140 valence electrons. The molecule has 0 aliphatic carbocycles. The second-order valence-electron chi connectivity index (χ2n) is 5.86. The summed E-state index contributed by atoms with van der Waals surface area (Å²) in [6.07, 6.45) is -4.14. The zero-order chi connectivity index (χ0) is 18.6. The van der Waals surface area contributed by atoms with Gasteiger partial charge in [-0.2, -0.15) is 13.2 Å². The number of halogens is 3. The van der Waals surface area contributed by atoms with Gasteiger partial charge in [-0.1, -0.05) is 30.3 Å². The summed E-state index contributed by atoms with van der Waals surface area (Å²) < 4.78 is 43.5. The number of thiazole rings is 1. The number of rotatable bonds is 5. The van der Waals surface area contributed by atoms with Gasteiger partial charge in [0.1, 0.15) is 6.04 Å².